The van der Waals surface area contributed by atoms with Gasteiger partial charge in [0.2, 0.25) is 0 Å². The highest BCUT2D eigenvalue weighted by molar-refractivity contribution is 5.97. The van der Waals surface area contributed by atoms with E-state index in [4.69, 9.17) is 0 Å². The minimum absolute atomic E-state index is 0.0958. The normalized spacial score (nSPS) is 16.9. The lowest BCUT2D eigenvalue weighted by atomic mass is 9.99. The summed E-state index contributed by atoms with van der Waals surface area (Å²) in [6.07, 6.45) is 1.66. The zero-order valence-electron chi connectivity index (χ0n) is 17.1. The van der Waals surface area contributed by atoms with Crippen LogP contribution in [0.2, 0.25) is 0 Å². The third-order valence-electron chi connectivity index (χ3n) is 5.61. The zero-order chi connectivity index (χ0) is 20.1. The molecule has 1 atom stereocenters. The van der Waals surface area contributed by atoms with E-state index in [0.29, 0.717) is 12.3 Å². The summed E-state index contributed by atoms with van der Waals surface area (Å²) in [6, 6.07) is 15.4. The number of hydrogen-bond acceptors (Lipinski definition) is 3. The summed E-state index contributed by atoms with van der Waals surface area (Å²) in [5.74, 6) is 0.801. The molecule has 4 heteroatoms. The molecule has 1 saturated heterocycles. The molecule has 0 saturated carbocycles. The van der Waals surface area contributed by atoms with Gasteiger partial charge in [0.05, 0.1) is 0 Å². The highest BCUT2D eigenvalue weighted by Crippen LogP contribution is 2.23. The van der Waals surface area contributed by atoms with Crippen LogP contribution in [0.1, 0.15) is 47.4 Å². The van der Waals surface area contributed by atoms with Crippen LogP contribution >= 0.6 is 0 Å². The van der Waals surface area contributed by atoms with Crippen molar-refractivity contribution in [2.45, 2.75) is 26.7 Å². The predicted molar refractivity (Wildman–Crippen MR) is 114 cm³/mol. The van der Waals surface area contributed by atoms with Crippen LogP contribution in [0.4, 0.5) is 0 Å². The first-order chi connectivity index (χ1) is 13.5. The third kappa shape index (κ3) is 4.68. The van der Waals surface area contributed by atoms with Crippen molar-refractivity contribution in [2.24, 2.45) is 5.92 Å². The maximum atomic E-state index is 12.9. The molecule has 0 spiro atoms. The predicted octanol–water partition coefficient (Wildman–Crippen LogP) is 4.36. The van der Waals surface area contributed by atoms with Gasteiger partial charge in [0.25, 0.3) is 5.91 Å². The molecule has 2 aromatic carbocycles. The summed E-state index contributed by atoms with van der Waals surface area (Å²) >= 11 is 0. The maximum absolute atomic E-state index is 12.9. The van der Waals surface area contributed by atoms with E-state index in [9.17, 15) is 9.59 Å². The first kappa shape index (κ1) is 20.3. The van der Waals surface area contributed by atoms with Gasteiger partial charge in [0, 0.05) is 37.2 Å². The van der Waals surface area contributed by atoms with E-state index < -0.39 is 0 Å². The van der Waals surface area contributed by atoms with E-state index in [1.54, 1.807) is 0 Å². The van der Waals surface area contributed by atoms with Crippen LogP contribution < -0.4 is 0 Å². The Bertz CT molecular complexity index is 829. The van der Waals surface area contributed by atoms with Crippen LogP contribution in [0.3, 0.4) is 0 Å². The quantitative estimate of drug-likeness (QED) is 0.672. The molecule has 0 N–H and O–H groups in total. The van der Waals surface area contributed by atoms with Crippen molar-refractivity contribution in [2.75, 3.05) is 33.2 Å². The molecular weight excluding hydrogens is 348 g/mol. The van der Waals surface area contributed by atoms with Crippen LogP contribution in [0.5, 0.6) is 0 Å². The second-order valence-electron chi connectivity index (χ2n) is 7.70. The van der Waals surface area contributed by atoms with Gasteiger partial charge in [-0.2, -0.15) is 0 Å². The number of carbonyl (C=O) groups is 2. The molecule has 1 amide bonds. The van der Waals surface area contributed by atoms with Crippen LogP contribution in [-0.4, -0.2) is 54.7 Å². The molecule has 148 valence electrons. The van der Waals surface area contributed by atoms with Gasteiger partial charge in [-0.1, -0.05) is 37.3 Å². The largest absolute Gasteiger partial charge is 0.339 e. The first-order valence-corrected chi connectivity index (χ1v) is 10.2. The molecule has 0 radical (unpaired) electrons. The molecule has 1 aliphatic heterocycles. The molecule has 1 heterocycles. The minimum atomic E-state index is 0.0958. The molecule has 1 fully saturated rings. The van der Waals surface area contributed by atoms with Crippen molar-refractivity contribution in [3.63, 3.8) is 0 Å². The van der Waals surface area contributed by atoms with Gasteiger partial charge < -0.3 is 9.80 Å². The number of carbonyl (C=O) groups excluding carboxylic acids is 2. The maximum Gasteiger partial charge on any atom is 0.253 e. The standard InChI is InChI=1S/C24H30N2O2/c1-4-23(27)22-8-6-7-21(15-22)19-9-11-20(12-10-19)24(28)26(5-2)17-18-13-14-25(3)16-18/h6-12,15,18H,4-5,13-14,16-17H2,1-3H3/t18-/m0/s1. The monoisotopic (exact) mass is 378 g/mol. The molecule has 4 nitrogen and oxygen atoms in total. The summed E-state index contributed by atoms with van der Waals surface area (Å²) in [4.78, 5) is 29.2. The number of amides is 1. The molecule has 28 heavy (non-hydrogen) atoms. The lowest BCUT2D eigenvalue weighted by Gasteiger charge is -2.24. The van der Waals surface area contributed by atoms with Crippen molar-refractivity contribution >= 4 is 11.7 Å². The molecule has 1 aliphatic rings. The minimum Gasteiger partial charge on any atom is -0.339 e. The van der Waals surface area contributed by atoms with Gasteiger partial charge in [-0.05, 0) is 62.2 Å². The molecule has 2 aromatic rings. The average Bonchev–Trinajstić information content (AvgIpc) is 3.15. The fourth-order valence-corrected chi connectivity index (χ4v) is 3.91. The van der Waals surface area contributed by atoms with Gasteiger partial charge in [-0.15, -0.1) is 0 Å². The highest BCUT2D eigenvalue weighted by atomic mass is 16.2. The van der Waals surface area contributed by atoms with E-state index in [-0.39, 0.29) is 11.7 Å². The third-order valence-corrected chi connectivity index (χ3v) is 5.61. The Kier molecular flexibility index (Phi) is 6.63. The van der Waals surface area contributed by atoms with Crippen molar-refractivity contribution < 1.29 is 9.59 Å². The van der Waals surface area contributed by atoms with Gasteiger partial charge in [-0.3, -0.25) is 9.59 Å². The van der Waals surface area contributed by atoms with Crippen molar-refractivity contribution in [3.8, 4) is 11.1 Å². The Balaban J connectivity index is 1.72. The average molecular weight is 379 g/mol. The smallest absolute Gasteiger partial charge is 0.253 e. The molecule has 0 unspecified atom stereocenters. The summed E-state index contributed by atoms with van der Waals surface area (Å²) in [7, 11) is 2.14. The van der Waals surface area contributed by atoms with Crippen molar-refractivity contribution in [3.05, 3.63) is 59.7 Å². The summed E-state index contributed by atoms with van der Waals surface area (Å²) in [5, 5.41) is 0. The summed E-state index contributed by atoms with van der Waals surface area (Å²) in [6.45, 7) is 7.64. The molecule has 3 rings (SSSR count). The Labute approximate surface area is 168 Å². The van der Waals surface area contributed by atoms with Crippen LogP contribution in [-0.2, 0) is 0 Å². The van der Waals surface area contributed by atoms with Gasteiger partial charge in [0.15, 0.2) is 5.78 Å². The molecule has 0 aromatic heterocycles. The highest BCUT2D eigenvalue weighted by Gasteiger charge is 2.24. The van der Waals surface area contributed by atoms with E-state index in [0.717, 1.165) is 54.9 Å². The van der Waals surface area contributed by atoms with E-state index >= 15 is 0 Å². The van der Waals surface area contributed by atoms with E-state index in [1.807, 2.05) is 67.3 Å². The second-order valence-corrected chi connectivity index (χ2v) is 7.70. The zero-order valence-corrected chi connectivity index (χ0v) is 17.1. The Morgan fingerprint density at radius 2 is 1.79 bits per heavy atom. The first-order valence-electron chi connectivity index (χ1n) is 10.2. The van der Waals surface area contributed by atoms with Gasteiger partial charge in [-0.25, -0.2) is 0 Å². The number of benzene rings is 2. The number of nitrogens with zero attached hydrogens (tertiary/aromatic N) is 2. The van der Waals surface area contributed by atoms with Crippen LogP contribution in [0.15, 0.2) is 48.5 Å². The number of rotatable bonds is 7. The SMILES string of the molecule is CCC(=O)c1cccc(-c2ccc(C(=O)N(CC)C[C@H]3CCN(C)C3)cc2)c1. The number of ketones is 1. The van der Waals surface area contributed by atoms with Crippen molar-refractivity contribution in [1.29, 1.82) is 0 Å². The molecule has 0 aliphatic carbocycles. The lowest BCUT2D eigenvalue weighted by molar-refractivity contribution is 0.0739. The lowest BCUT2D eigenvalue weighted by Crippen LogP contribution is -2.36. The fraction of sp³-hybridized carbons (Fsp3) is 0.417. The fourth-order valence-electron chi connectivity index (χ4n) is 3.91. The molecule has 0 bridgehead atoms. The Hall–Kier alpha value is -2.46. The topological polar surface area (TPSA) is 40.6 Å². The Morgan fingerprint density at radius 3 is 2.39 bits per heavy atom. The number of hydrogen-bond donors (Lipinski definition) is 0. The number of Topliss-reactive ketones (excluding diaryl/α,β-unsaturated/α-hetero) is 1. The second kappa shape index (κ2) is 9.16. The van der Waals surface area contributed by atoms with Crippen LogP contribution in [0.25, 0.3) is 11.1 Å². The van der Waals surface area contributed by atoms with E-state index in [2.05, 4.69) is 11.9 Å². The molecular formula is C24H30N2O2. The van der Waals surface area contributed by atoms with Crippen LogP contribution in [0, 0.1) is 5.92 Å². The Morgan fingerprint density at radius 1 is 1.04 bits per heavy atom. The number of likely N-dealkylation sites (tertiary alicyclic amines) is 1. The van der Waals surface area contributed by atoms with Gasteiger partial charge >= 0.3 is 0 Å². The van der Waals surface area contributed by atoms with Crippen molar-refractivity contribution in [1.82, 2.24) is 9.80 Å². The van der Waals surface area contributed by atoms with Gasteiger partial charge in [0.1, 0.15) is 0 Å². The summed E-state index contributed by atoms with van der Waals surface area (Å²) < 4.78 is 0. The summed E-state index contributed by atoms with van der Waals surface area (Å²) in [5.41, 5.74) is 3.47. The van der Waals surface area contributed by atoms with E-state index in [1.165, 1.54) is 0 Å².